The van der Waals surface area contributed by atoms with Gasteiger partial charge in [0.05, 0.1) is 4.90 Å². The molecule has 0 fully saturated rings. The highest BCUT2D eigenvalue weighted by molar-refractivity contribution is 7.92. The molecule has 0 aliphatic rings. The molecule has 1 aromatic rings. The van der Waals surface area contributed by atoms with Gasteiger partial charge in [-0.05, 0) is 19.1 Å². The molecule has 0 aromatic heterocycles. The van der Waals surface area contributed by atoms with Crippen LogP contribution in [0.15, 0.2) is 29.2 Å². The van der Waals surface area contributed by atoms with Crippen molar-refractivity contribution in [1.29, 1.82) is 0 Å². The molecule has 5 heteroatoms. The Balaban J connectivity index is 0.00000169. The van der Waals surface area contributed by atoms with E-state index in [9.17, 15) is 13.2 Å². The molecule has 0 aliphatic heterocycles. The standard InChI is InChI=1S/C9H10O3S.H2O/c1-8-2-4-9(5-3-8)13(11,12)7-6-10;/h2-6H,7H2,1H3;1H2. The highest BCUT2D eigenvalue weighted by Gasteiger charge is 2.12. The van der Waals surface area contributed by atoms with E-state index in [2.05, 4.69) is 0 Å². The van der Waals surface area contributed by atoms with Crippen LogP contribution in [0.2, 0.25) is 0 Å². The van der Waals surface area contributed by atoms with Gasteiger partial charge in [-0.2, -0.15) is 0 Å². The van der Waals surface area contributed by atoms with Gasteiger partial charge in [0.1, 0.15) is 12.0 Å². The van der Waals surface area contributed by atoms with E-state index in [1.54, 1.807) is 12.1 Å². The van der Waals surface area contributed by atoms with Crippen molar-refractivity contribution in [3.63, 3.8) is 0 Å². The molecule has 0 unspecified atom stereocenters. The number of aryl methyl sites for hydroxylation is 1. The van der Waals surface area contributed by atoms with Crippen molar-refractivity contribution in [3.8, 4) is 0 Å². The minimum atomic E-state index is -3.40. The van der Waals surface area contributed by atoms with E-state index in [4.69, 9.17) is 0 Å². The van der Waals surface area contributed by atoms with Gasteiger partial charge in [-0.15, -0.1) is 0 Å². The lowest BCUT2D eigenvalue weighted by Gasteiger charge is -1.99. The summed E-state index contributed by atoms with van der Waals surface area (Å²) >= 11 is 0. The summed E-state index contributed by atoms with van der Waals surface area (Å²) in [6.07, 6.45) is 0.398. The number of rotatable bonds is 3. The summed E-state index contributed by atoms with van der Waals surface area (Å²) in [6, 6.07) is 6.43. The molecular weight excluding hydrogens is 204 g/mol. The Hall–Kier alpha value is -1.20. The van der Waals surface area contributed by atoms with Crippen LogP contribution in [0.5, 0.6) is 0 Å². The molecule has 0 bridgehead atoms. The lowest BCUT2D eigenvalue weighted by molar-refractivity contribution is -0.105. The second kappa shape index (κ2) is 4.88. The molecule has 14 heavy (non-hydrogen) atoms. The molecule has 0 amide bonds. The molecule has 1 aromatic carbocycles. The number of benzene rings is 1. The summed E-state index contributed by atoms with van der Waals surface area (Å²) in [5.74, 6) is -0.448. The van der Waals surface area contributed by atoms with E-state index in [0.717, 1.165) is 5.56 Å². The lowest BCUT2D eigenvalue weighted by atomic mass is 10.2. The maximum absolute atomic E-state index is 11.3. The van der Waals surface area contributed by atoms with E-state index in [-0.39, 0.29) is 10.4 Å². The van der Waals surface area contributed by atoms with Gasteiger partial charge in [0.15, 0.2) is 9.84 Å². The fraction of sp³-hybridized carbons (Fsp3) is 0.222. The van der Waals surface area contributed by atoms with Crippen LogP contribution in [0, 0.1) is 6.92 Å². The fourth-order valence-electron chi connectivity index (χ4n) is 0.931. The average molecular weight is 216 g/mol. The Morgan fingerprint density at radius 3 is 2.14 bits per heavy atom. The van der Waals surface area contributed by atoms with Crippen molar-refractivity contribution in [3.05, 3.63) is 29.8 Å². The minimum absolute atomic E-state index is 0. The summed E-state index contributed by atoms with van der Waals surface area (Å²) in [6.45, 7) is 1.87. The molecule has 0 heterocycles. The second-order valence-electron chi connectivity index (χ2n) is 2.76. The summed E-state index contributed by atoms with van der Waals surface area (Å²) in [4.78, 5) is 10.3. The molecule has 0 saturated heterocycles. The van der Waals surface area contributed by atoms with Crippen LogP contribution >= 0.6 is 0 Å². The van der Waals surface area contributed by atoms with Gasteiger partial charge >= 0.3 is 0 Å². The predicted molar refractivity (Wildman–Crippen MR) is 52.9 cm³/mol. The molecular formula is C9H12O4S. The first kappa shape index (κ1) is 12.8. The van der Waals surface area contributed by atoms with E-state index in [0.29, 0.717) is 6.29 Å². The SMILES string of the molecule is Cc1ccc(S(=O)(=O)CC=O)cc1.O. The first-order valence-corrected chi connectivity index (χ1v) is 5.44. The number of hydrogen-bond donors (Lipinski definition) is 0. The third-order valence-electron chi connectivity index (χ3n) is 1.67. The van der Waals surface area contributed by atoms with E-state index in [1.165, 1.54) is 12.1 Å². The molecule has 0 saturated carbocycles. The van der Waals surface area contributed by atoms with Crippen LogP contribution in [-0.2, 0) is 14.6 Å². The number of aldehydes is 1. The smallest absolute Gasteiger partial charge is 0.185 e. The number of hydrogen-bond acceptors (Lipinski definition) is 3. The van der Waals surface area contributed by atoms with Crippen molar-refractivity contribution in [2.75, 3.05) is 5.75 Å². The summed E-state index contributed by atoms with van der Waals surface area (Å²) in [5.41, 5.74) is 0.991. The van der Waals surface area contributed by atoms with Crippen molar-refractivity contribution in [1.82, 2.24) is 0 Å². The predicted octanol–water partition coefficient (Wildman–Crippen LogP) is 0.143. The quantitative estimate of drug-likeness (QED) is 0.674. The van der Waals surface area contributed by atoms with E-state index >= 15 is 0 Å². The van der Waals surface area contributed by atoms with Gasteiger partial charge in [0.25, 0.3) is 0 Å². The van der Waals surface area contributed by atoms with Crippen molar-refractivity contribution in [2.24, 2.45) is 0 Å². The second-order valence-corrected chi connectivity index (χ2v) is 4.80. The zero-order valence-corrected chi connectivity index (χ0v) is 8.54. The molecule has 4 nitrogen and oxygen atoms in total. The van der Waals surface area contributed by atoms with Gasteiger partial charge < -0.3 is 10.3 Å². The summed E-state index contributed by atoms with van der Waals surface area (Å²) < 4.78 is 22.6. The maximum atomic E-state index is 11.3. The number of carbonyl (C=O) groups excluding carboxylic acids is 1. The third kappa shape index (κ3) is 2.93. The Bertz CT molecular complexity index is 391. The van der Waals surface area contributed by atoms with Gasteiger partial charge in [0.2, 0.25) is 0 Å². The molecule has 0 atom stereocenters. The van der Waals surface area contributed by atoms with Crippen LogP contribution in [0.4, 0.5) is 0 Å². The molecule has 0 radical (unpaired) electrons. The normalized spacial score (nSPS) is 10.4. The molecule has 0 spiro atoms. The van der Waals surface area contributed by atoms with Crippen LogP contribution in [0.1, 0.15) is 5.56 Å². The molecule has 2 N–H and O–H groups in total. The van der Waals surface area contributed by atoms with Crippen LogP contribution in [0.25, 0.3) is 0 Å². The first-order chi connectivity index (χ1) is 6.06. The molecule has 78 valence electrons. The maximum Gasteiger partial charge on any atom is 0.185 e. The first-order valence-electron chi connectivity index (χ1n) is 3.79. The van der Waals surface area contributed by atoms with Crippen molar-refractivity contribution < 1.29 is 18.7 Å². The van der Waals surface area contributed by atoms with Gasteiger partial charge in [0, 0.05) is 0 Å². The van der Waals surface area contributed by atoms with Crippen molar-refractivity contribution >= 4 is 16.1 Å². The Morgan fingerprint density at radius 2 is 1.71 bits per heavy atom. The topological polar surface area (TPSA) is 82.7 Å². The number of sulfone groups is 1. The largest absolute Gasteiger partial charge is 0.412 e. The minimum Gasteiger partial charge on any atom is -0.412 e. The van der Waals surface area contributed by atoms with E-state index in [1.807, 2.05) is 6.92 Å². The van der Waals surface area contributed by atoms with Crippen LogP contribution in [-0.4, -0.2) is 25.9 Å². The Labute approximate surface area is 82.8 Å². The van der Waals surface area contributed by atoms with Gasteiger partial charge in [-0.1, -0.05) is 17.7 Å². The lowest BCUT2D eigenvalue weighted by Crippen LogP contribution is -2.07. The third-order valence-corrected chi connectivity index (χ3v) is 3.23. The van der Waals surface area contributed by atoms with Crippen LogP contribution in [0.3, 0.4) is 0 Å². The average Bonchev–Trinajstić information content (AvgIpc) is 2.05. The zero-order valence-electron chi connectivity index (χ0n) is 7.73. The Morgan fingerprint density at radius 1 is 1.21 bits per heavy atom. The number of carbonyl (C=O) groups is 1. The summed E-state index contributed by atoms with van der Waals surface area (Å²) in [5, 5.41) is 0. The van der Waals surface area contributed by atoms with Crippen molar-refractivity contribution in [2.45, 2.75) is 11.8 Å². The van der Waals surface area contributed by atoms with Gasteiger partial charge in [-0.3, -0.25) is 0 Å². The fourth-order valence-corrected chi connectivity index (χ4v) is 1.85. The van der Waals surface area contributed by atoms with E-state index < -0.39 is 15.6 Å². The molecule has 0 aliphatic carbocycles. The monoisotopic (exact) mass is 216 g/mol. The van der Waals surface area contributed by atoms with Gasteiger partial charge in [-0.25, -0.2) is 8.42 Å². The highest BCUT2D eigenvalue weighted by atomic mass is 32.2. The summed E-state index contributed by atoms with van der Waals surface area (Å²) in [7, 11) is -3.40. The molecule has 1 rings (SSSR count). The van der Waals surface area contributed by atoms with Crippen LogP contribution < -0.4 is 0 Å². The zero-order chi connectivity index (χ0) is 9.90. The highest BCUT2D eigenvalue weighted by Crippen LogP contribution is 2.10. The Kier molecular flexibility index (Phi) is 4.46.